The number of aliphatic imine (C=N–C) groups is 1. The summed E-state index contributed by atoms with van der Waals surface area (Å²) in [5, 5.41) is 15.9. The van der Waals surface area contributed by atoms with Gasteiger partial charge in [-0.05, 0) is 57.2 Å². The molecule has 0 saturated heterocycles. The Labute approximate surface area is 152 Å². The van der Waals surface area contributed by atoms with Crippen LogP contribution in [0.2, 0.25) is 0 Å². The van der Waals surface area contributed by atoms with E-state index in [4.69, 9.17) is 4.74 Å². The molecule has 0 spiro atoms. The van der Waals surface area contributed by atoms with Crippen LogP contribution in [0.25, 0.3) is 0 Å². The SMILES string of the molecule is CCCC(CCO)CNC(=NCc1ccc(OC(C)C)cc1)NCC. The van der Waals surface area contributed by atoms with Gasteiger partial charge in [0.05, 0.1) is 12.6 Å². The third-order valence-electron chi connectivity index (χ3n) is 3.85. The van der Waals surface area contributed by atoms with Crippen molar-refractivity contribution in [3.63, 3.8) is 0 Å². The van der Waals surface area contributed by atoms with Crippen LogP contribution >= 0.6 is 0 Å². The van der Waals surface area contributed by atoms with E-state index in [9.17, 15) is 5.11 Å². The maximum atomic E-state index is 9.18. The average molecular weight is 350 g/mol. The molecule has 0 aliphatic carbocycles. The fourth-order valence-corrected chi connectivity index (χ4v) is 2.64. The molecule has 0 saturated carbocycles. The summed E-state index contributed by atoms with van der Waals surface area (Å²) in [6.45, 7) is 10.8. The Morgan fingerprint density at radius 2 is 1.84 bits per heavy atom. The molecule has 3 N–H and O–H groups in total. The van der Waals surface area contributed by atoms with Gasteiger partial charge in [-0.3, -0.25) is 0 Å². The molecular weight excluding hydrogens is 314 g/mol. The van der Waals surface area contributed by atoms with E-state index < -0.39 is 0 Å². The minimum Gasteiger partial charge on any atom is -0.491 e. The van der Waals surface area contributed by atoms with Crippen LogP contribution in [-0.2, 0) is 6.54 Å². The van der Waals surface area contributed by atoms with Gasteiger partial charge >= 0.3 is 0 Å². The van der Waals surface area contributed by atoms with E-state index in [1.54, 1.807) is 0 Å². The molecule has 1 aromatic rings. The zero-order valence-electron chi connectivity index (χ0n) is 16.2. The fraction of sp³-hybridized carbons (Fsp3) is 0.650. The van der Waals surface area contributed by atoms with Gasteiger partial charge in [0.15, 0.2) is 5.96 Å². The molecule has 142 valence electrons. The molecule has 1 aromatic carbocycles. The lowest BCUT2D eigenvalue weighted by Gasteiger charge is -2.18. The molecular formula is C20H35N3O2. The van der Waals surface area contributed by atoms with Crippen molar-refractivity contribution in [1.29, 1.82) is 0 Å². The van der Waals surface area contributed by atoms with Gasteiger partial charge in [0.25, 0.3) is 0 Å². The van der Waals surface area contributed by atoms with Gasteiger partial charge in [0.2, 0.25) is 0 Å². The van der Waals surface area contributed by atoms with Crippen molar-refractivity contribution >= 4 is 5.96 Å². The molecule has 0 aliphatic rings. The predicted molar refractivity (Wildman–Crippen MR) is 105 cm³/mol. The van der Waals surface area contributed by atoms with Crippen molar-refractivity contribution in [2.75, 3.05) is 19.7 Å². The second-order valence-corrected chi connectivity index (χ2v) is 6.55. The van der Waals surface area contributed by atoms with Crippen molar-refractivity contribution in [3.05, 3.63) is 29.8 Å². The van der Waals surface area contributed by atoms with Crippen LogP contribution in [0, 0.1) is 5.92 Å². The first kappa shape index (κ1) is 21.3. The number of benzene rings is 1. The minimum absolute atomic E-state index is 0.184. The number of hydrogen-bond acceptors (Lipinski definition) is 3. The number of nitrogens with one attached hydrogen (secondary N) is 2. The van der Waals surface area contributed by atoms with Crippen LogP contribution in [-0.4, -0.2) is 36.9 Å². The zero-order valence-corrected chi connectivity index (χ0v) is 16.2. The largest absolute Gasteiger partial charge is 0.491 e. The van der Waals surface area contributed by atoms with Crippen LogP contribution in [0.15, 0.2) is 29.3 Å². The summed E-state index contributed by atoms with van der Waals surface area (Å²) in [5.74, 6) is 2.19. The van der Waals surface area contributed by atoms with E-state index in [-0.39, 0.29) is 12.7 Å². The van der Waals surface area contributed by atoms with Crippen molar-refractivity contribution in [2.24, 2.45) is 10.9 Å². The summed E-state index contributed by atoms with van der Waals surface area (Å²) in [6, 6.07) is 8.08. The van der Waals surface area contributed by atoms with Crippen molar-refractivity contribution in [3.8, 4) is 5.75 Å². The number of aliphatic hydroxyl groups is 1. The lowest BCUT2D eigenvalue weighted by molar-refractivity contribution is 0.242. The minimum atomic E-state index is 0.184. The Hall–Kier alpha value is -1.75. The van der Waals surface area contributed by atoms with Gasteiger partial charge in [-0.1, -0.05) is 25.5 Å². The molecule has 0 heterocycles. The second-order valence-electron chi connectivity index (χ2n) is 6.55. The number of aliphatic hydroxyl groups excluding tert-OH is 1. The first-order valence-electron chi connectivity index (χ1n) is 9.47. The Kier molecular flexibility index (Phi) is 10.7. The number of rotatable bonds is 11. The van der Waals surface area contributed by atoms with E-state index in [0.717, 1.165) is 49.6 Å². The van der Waals surface area contributed by atoms with Gasteiger partial charge in [-0.2, -0.15) is 0 Å². The quantitative estimate of drug-likeness (QED) is 0.423. The Morgan fingerprint density at radius 3 is 2.40 bits per heavy atom. The van der Waals surface area contributed by atoms with Crippen LogP contribution in [0.5, 0.6) is 5.75 Å². The highest BCUT2D eigenvalue weighted by molar-refractivity contribution is 5.79. The molecule has 0 radical (unpaired) electrons. The molecule has 0 fully saturated rings. The molecule has 0 aromatic heterocycles. The molecule has 5 nitrogen and oxygen atoms in total. The number of guanidine groups is 1. The van der Waals surface area contributed by atoms with Gasteiger partial charge in [0.1, 0.15) is 5.75 Å². The number of hydrogen-bond donors (Lipinski definition) is 3. The molecule has 0 bridgehead atoms. The molecule has 5 heteroatoms. The first-order chi connectivity index (χ1) is 12.1. The summed E-state index contributed by atoms with van der Waals surface area (Å²) in [5.41, 5.74) is 1.15. The summed E-state index contributed by atoms with van der Waals surface area (Å²) in [6.07, 6.45) is 3.26. The van der Waals surface area contributed by atoms with Crippen LogP contribution in [0.4, 0.5) is 0 Å². The van der Waals surface area contributed by atoms with Crippen LogP contribution in [0.1, 0.15) is 52.5 Å². The topological polar surface area (TPSA) is 65.9 Å². The molecule has 0 amide bonds. The molecule has 25 heavy (non-hydrogen) atoms. The third kappa shape index (κ3) is 9.34. The highest BCUT2D eigenvalue weighted by atomic mass is 16.5. The van der Waals surface area contributed by atoms with Crippen molar-refractivity contribution in [1.82, 2.24) is 10.6 Å². The number of nitrogens with zero attached hydrogens (tertiary/aromatic N) is 1. The van der Waals surface area contributed by atoms with Gasteiger partial charge < -0.3 is 20.5 Å². The monoisotopic (exact) mass is 349 g/mol. The van der Waals surface area contributed by atoms with Crippen LogP contribution < -0.4 is 15.4 Å². The highest BCUT2D eigenvalue weighted by Crippen LogP contribution is 2.14. The van der Waals surface area contributed by atoms with E-state index in [0.29, 0.717) is 12.5 Å². The molecule has 0 aliphatic heterocycles. The van der Waals surface area contributed by atoms with E-state index in [1.807, 2.05) is 26.0 Å². The van der Waals surface area contributed by atoms with Crippen LogP contribution in [0.3, 0.4) is 0 Å². The third-order valence-corrected chi connectivity index (χ3v) is 3.85. The fourth-order valence-electron chi connectivity index (χ4n) is 2.64. The maximum absolute atomic E-state index is 9.18. The molecule has 1 unspecified atom stereocenters. The lowest BCUT2D eigenvalue weighted by atomic mass is 10.0. The second kappa shape index (κ2) is 12.6. The van der Waals surface area contributed by atoms with E-state index in [2.05, 4.69) is 41.6 Å². The van der Waals surface area contributed by atoms with Crippen molar-refractivity contribution in [2.45, 2.75) is 59.6 Å². The van der Waals surface area contributed by atoms with Crippen molar-refractivity contribution < 1.29 is 9.84 Å². The summed E-state index contributed by atoms with van der Waals surface area (Å²) < 4.78 is 5.66. The van der Waals surface area contributed by atoms with Gasteiger partial charge in [-0.15, -0.1) is 0 Å². The Morgan fingerprint density at radius 1 is 1.12 bits per heavy atom. The predicted octanol–water partition coefficient (Wildman–Crippen LogP) is 3.33. The normalized spacial score (nSPS) is 13.0. The lowest BCUT2D eigenvalue weighted by Crippen LogP contribution is -2.40. The summed E-state index contributed by atoms with van der Waals surface area (Å²) >= 11 is 0. The number of ether oxygens (including phenoxy) is 1. The average Bonchev–Trinajstić information content (AvgIpc) is 2.58. The zero-order chi connectivity index (χ0) is 18.5. The van der Waals surface area contributed by atoms with E-state index >= 15 is 0 Å². The standard InChI is InChI=1S/C20H35N3O2/c1-5-7-17(12-13-24)14-22-20(21-6-2)23-15-18-8-10-19(11-9-18)25-16(3)4/h8-11,16-17,24H,5-7,12-15H2,1-4H3,(H2,21,22,23). The molecule has 1 atom stereocenters. The summed E-state index contributed by atoms with van der Waals surface area (Å²) in [7, 11) is 0. The van der Waals surface area contributed by atoms with E-state index in [1.165, 1.54) is 0 Å². The Bertz CT molecular complexity index is 480. The molecule has 1 rings (SSSR count). The maximum Gasteiger partial charge on any atom is 0.191 e. The van der Waals surface area contributed by atoms with Gasteiger partial charge in [-0.25, -0.2) is 4.99 Å². The highest BCUT2D eigenvalue weighted by Gasteiger charge is 2.08. The smallest absolute Gasteiger partial charge is 0.191 e. The first-order valence-corrected chi connectivity index (χ1v) is 9.47. The summed E-state index contributed by atoms with van der Waals surface area (Å²) in [4.78, 5) is 4.66. The Balaban J connectivity index is 2.59. The van der Waals surface area contributed by atoms with Gasteiger partial charge in [0, 0.05) is 19.7 Å².